The number of hydrogen-bond donors (Lipinski definition) is 0. The van der Waals surface area contributed by atoms with E-state index in [1.54, 1.807) is 0 Å². The highest BCUT2D eigenvalue weighted by Crippen LogP contribution is 2.21. The Kier molecular flexibility index (Phi) is 3.68. The Morgan fingerprint density at radius 1 is 1.28 bits per heavy atom. The average Bonchev–Trinajstić information content (AvgIpc) is 2.77. The normalized spacial score (nSPS) is 26.8. The summed E-state index contributed by atoms with van der Waals surface area (Å²) in [4.78, 5) is 2.58. The topological polar surface area (TPSA) is 26.6 Å². The van der Waals surface area contributed by atoms with Crippen LogP contribution in [0.2, 0.25) is 0 Å². The van der Waals surface area contributed by atoms with Gasteiger partial charge in [0.15, 0.2) is 0 Å². The molecule has 1 saturated heterocycles. The summed E-state index contributed by atoms with van der Waals surface area (Å²) in [7, 11) is 1.82. The summed E-state index contributed by atoms with van der Waals surface area (Å²) in [5.74, 6) is 0. The second kappa shape index (κ2) is 5.43. The van der Waals surface area contributed by atoms with E-state index in [-0.39, 0.29) is 0 Å². The molecule has 1 fully saturated rings. The van der Waals surface area contributed by atoms with E-state index in [0.717, 1.165) is 45.7 Å². The molecule has 18 heavy (non-hydrogen) atoms. The lowest BCUT2D eigenvalue weighted by atomic mass is 10.1. The molecule has 1 aromatic rings. The van der Waals surface area contributed by atoms with Gasteiger partial charge in [0.05, 0.1) is 6.10 Å². The summed E-state index contributed by atoms with van der Waals surface area (Å²) in [6.45, 7) is 4.85. The van der Waals surface area contributed by atoms with Crippen molar-refractivity contribution in [2.24, 2.45) is 0 Å². The first kappa shape index (κ1) is 12.2. The van der Waals surface area contributed by atoms with Gasteiger partial charge in [-0.05, 0) is 25.0 Å². The number of hydrogen-bond acceptors (Lipinski definition) is 3. The van der Waals surface area contributed by atoms with E-state index in [2.05, 4.69) is 27.8 Å². The highest BCUT2D eigenvalue weighted by Gasteiger charge is 2.27. The van der Waals surface area contributed by atoms with Gasteiger partial charge in [0.2, 0.25) is 0 Å². The number of aromatic nitrogens is 1. The van der Waals surface area contributed by atoms with Crippen LogP contribution < -0.4 is 0 Å². The van der Waals surface area contributed by atoms with Crippen molar-refractivity contribution in [2.75, 3.05) is 26.9 Å². The van der Waals surface area contributed by atoms with Gasteiger partial charge in [-0.1, -0.05) is 0 Å². The number of rotatable bonds is 2. The minimum absolute atomic E-state index is 0.293. The highest BCUT2D eigenvalue weighted by molar-refractivity contribution is 5.09. The van der Waals surface area contributed by atoms with Crippen LogP contribution in [0.25, 0.3) is 0 Å². The third-order valence-electron chi connectivity index (χ3n) is 4.17. The van der Waals surface area contributed by atoms with Gasteiger partial charge in [0, 0.05) is 57.9 Å². The van der Waals surface area contributed by atoms with Crippen molar-refractivity contribution in [2.45, 2.75) is 38.1 Å². The van der Waals surface area contributed by atoms with Gasteiger partial charge in [0.1, 0.15) is 0 Å². The molecular formula is C14H22N2O2. The fourth-order valence-corrected chi connectivity index (χ4v) is 3.06. The molecule has 3 rings (SSSR count). The monoisotopic (exact) mass is 250 g/mol. The van der Waals surface area contributed by atoms with E-state index in [1.165, 1.54) is 5.69 Å². The Hall–Kier alpha value is -0.840. The Morgan fingerprint density at radius 2 is 2.11 bits per heavy atom. The third kappa shape index (κ3) is 2.46. The molecule has 0 unspecified atom stereocenters. The molecule has 4 heteroatoms. The van der Waals surface area contributed by atoms with Crippen molar-refractivity contribution >= 4 is 0 Å². The SMILES string of the molecule is CO[C@@H]1CN(C2CCOCC2)Cc2cccn2C1. The molecule has 2 aliphatic rings. The van der Waals surface area contributed by atoms with E-state index < -0.39 is 0 Å². The smallest absolute Gasteiger partial charge is 0.0876 e. The van der Waals surface area contributed by atoms with Crippen LogP contribution in [0.15, 0.2) is 18.3 Å². The van der Waals surface area contributed by atoms with Crippen LogP contribution in [0.3, 0.4) is 0 Å². The highest BCUT2D eigenvalue weighted by atomic mass is 16.5. The van der Waals surface area contributed by atoms with Crippen molar-refractivity contribution in [3.8, 4) is 0 Å². The van der Waals surface area contributed by atoms with Crippen LogP contribution in [0, 0.1) is 0 Å². The van der Waals surface area contributed by atoms with Crippen molar-refractivity contribution in [3.63, 3.8) is 0 Å². The lowest BCUT2D eigenvalue weighted by Gasteiger charge is -2.34. The first-order chi connectivity index (χ1) is 8.86. The second-order valence-electron chi connectivity index (χ2n) is 5.28. The molecule has 2 aliphatic heterocycles. The van der Waals surface area contributed by atoms with Gasteiger partial charge in [-0.15, -0.1) is 0 Å². The van der Waals surface area contributed by atoms with Crippen molar-refractivity contribution in [1.82, 2.24) is 9.47 Å². The second-order valence-corrected chi connectivity index (χ2v) is 5.28. The minimum Gasteiger partial charge on any atom is -0.381 e. The lowest BCUT2D eigenvalue weighted by molar-refractivity contribution is 0.00208. The van der Waals surface area contributed by atoms with Crippen LogP contribution in [0.5, 0.6) is 0 Å². The standard InChI is InChI=1S/C14H22N2O2/c1-17-14-10-15-6-2-3-13(15)9-16(11-14)12-4-7-18-8-5-12/h2-3,6,12,14H,4-5,7-11H2,1H3/t14-/m0/s1. The number of nitrogens with zero attached hydrogens (tertiary/aromatic N) is 2. The summed E-state index contributed by atoms with van der Waals surface area (Å²) in [6, 6.07) is 5.01. The molecule has 0 spiro atoms. The van der Waals surface area contributed by atoms with Gasteiger partial charge in [0.25, 0.3) is 0 Å². The summed E-state index contributed by atoms with van der Waals surface area (Å²) < 4.78 is 13.4. The van der Waals surface area contributed by atoms with Crippen LogP contribution in [0.1, 0.15) is 18.5 Å². The lowest BCUT2D eigenvalue weighted by Crippen LogP contribution is -2.42. The third-order valence-corrected chi connectivity index (χ3v) is 4.17. The van der Waals surface area contributed by atoms with Gasteiger partial charge < -0.3 is 14.0 Å². The quantitative estimate of drug-likeness (QED) is 0.796. The van der Waals surface area contributed by atoms with Crippen molar-refractivity contribution < 1.29 is 9.47 Å². The first-order valence-electron chi connectivity index (χ1n) is 6.85. The molecule has 3 heterocycles. The van der Waals surface area contributed by atoms with Crippen LogP contribution in [-0.4, -0.2) is 48.5 Å². The Bertz CT molecular complexity index is 385. The van der Waals surface area contributed by atoms with E-state index in [4.69, 9.17) is 9.47 Å². The van der Waals surface area contributed by atoms with E-state index >= 15 is 0 Å². The summed E-state index contributed by atoms with van der Waals surface area (Å²) in [5.41, 5.74) is 1.40. The molecule has 0 aliphatic carbocycles. The molecule has 0 aromatic carbocycles. The summed E-state index contributed by atoms with van der Waals surface area (Å²) in [6.07, 6.45) is 4.75. The van der Waals surface area contributed by atoms with E-state index in [0.29, 0.717) is 12.1 Å². The molecule has 0 saturated carbocycles. The molecule has 1 aromatic heterocycles. The molecular weight excluding hydrogens is 228 g/mol. The Labute approximate surface area is 108 Å². The minimum atomic E-state index is 0.293. The van der Waals surface area contributed by atoms with E-state index in [1.807, 2.05) is 7.11 Å². The van der Waals surface area contributed by atoms with Gasteiger partial charge in [-0.2, -0.15) is 0 Å². The zero-order valence-electron chi connectivity index (χ0n) is 11.0. The Morgan fingerprint density at radius 3 is 2.89 bits per heavy atom. The number of fused-ring (bicyclic) bond motifs is 1. The number of methoxy groups -OCH3 is 1. The molecule has 1 atom stereocenters. The summed E-state index contributed by atoms with van der Waals surface area (Å²) in [5, 5.41) is 0. The van der Waals surface area contributed by atoms with Gasteiger partial charge in [-0.3, -0.25) is 4.90 Å². The van der Waals surface area contributed by atoms with Crippen LogP contribution in [0.4, 0.5) is 0 Å². The van der Waals surface area contributed by atoms with Crippen molar-refractivity contribution in [3.05, 3.63) is 24.0 Å². The Balaban J connectivity index is 1.77. The predicted octanol–water partition coefficient (Wildman–Crippen LogP) is 1.50. The van der Waals surface area contributed by atoms with Crippen LogP contribution in [-0.2, 0) is 22.6 Å². The first-order valence-corrected chi connectivity index (χ1v) is 6.85. The van der Waals surface area contributed by atoms with E-state index in [9.17, 15) is 0 Å². The fraction of sp³-hybridized carbons (Fsp3) is 0.714. The molecule has 0 radical (unpaired) electrons. The zero-order chi connectivity index (χ0) is 12.4. The van der Waals surface area contributed by atoms with Gasteiger partial charge in [-0.25, -0.2) is 0 Å². The number of ether oxygens (including phenoxy) is 2. The largest absolute Gasteiger partial charge is 0.381 e. The summed E-state index contributed by atoms with van der Waals surface area (Å²) >= 11 is 0. The van der Waals surface area contributed by atoms with Crippen molar-refractivity contribution in [1.29, 1.82) is 0 Å². The van der Waals surface area contributed by atoms with Gasteiger partial charge >= 0.3 is 0 Å². The average molecular weight is 250 g/mol. The predicted molar refractivity (Wildman–Crippen MR) is 69.5 cm³/mol. The molecule has 0 amide bonds. The molecule has 0 bridgehead atoms. The maximum Gasteiger partial charge on any atom is 0.0876 e. The maximum absolute atomic E-state index is 5.62. The molecule has 4 nitrogen and oxygen atoms in total. The maximum atomic E-state index is 5.62. The molecule has 100 valence electrons. The fourth-order valence-electron chi connectivity index (χ4n) is 3.06. The van der Waals surface area contributed by atoms with Crippen LogP contribution >= 0.6 is 0 Å². The molecule has 0 N–H and O–H groups in total. The zero-order valence-corrected chi connectivity index (χ0v) is 11.0.